The molecule has 16 heavy (non-hydrogen) atoms. The molecule has 6 nitrogen and oxygen atoms in total. The molecule has 0 bridgehead atoms. The zero-order chi connectivity index (χ0) is 12.1. The van der Waals surface area contributed by atoms with Crippen molar-refractivity contribution in [2.75, 3.05) is 0 Å². The van der Waals surface area contributed by atoms with Crippen molar-refractivity contribution in [3.8, 4) is 0 Å². The van der Waals surface area contributed by atoms with Gasteiger partial charge < -0.3 is 10.8 Å². The molecule has 3 N–H and O–H groups in total. The van der Waals surface area contributed by atoms with E-state index in [1.807, 2.05) is 0 Å². The SMILES string of the molecule is N[C@H](CC(=O)O)Cc1ccc([N+](=O)[O-])cc1. The van der Waals surface area contributed by atoms with Crippen molar-refractivity contribution in [2.45, 2.75) is 18.9 Å². The smallest absolute Gasteiger partial charge is 0.304 e. The Balaban J connectivity index is 2.61. The number of hydrogen-bond donors (Lipinski definition) is 2. The number of hydrogen-bond acceptors (Lipinski definition) is 4. The van der Waals surface area contributed by atoms with Crippen molar-refractivity contribution in [3.63, 3.8) is 0 Å². The van der Waals surface area contributed by atoms with Gasteiger partial charge in [-0.05, 0) is 12.0 Å². The highest BCUT2D eigenvalue weighted by Crippen LogP contribution is 2.13. The van der Waals surface area contributed by atoms with Crippen LogP contribution in [0.2, 0.25) is 0 Å². The third-order valence-corrected chi connectivity index (χ3v) is 2.08. The number of carboxylic acid groups (broad SMARTS) is 1. The molecule has 0 aliphatic heterocycles. The maximum Gasteiger partial charge on any atom is 0.304 e. The summed E-state index contributed by atoms with van der Waals surface area (Å²) in [6, 6.07) is 5.45. The van der Waals surface area contributed by atoms with Gasteiger partial charge in [0.15, 0.2) is 0 Å². The topological polar surface area (TPSA) is 106 Å². The predicted molar refractivity (Wildman–Crippen MR) is 57.0 cm³/mol. The quantitative estimate of drug-likeness (QED) is 0.571. The number of carbonyl (C=O) groups is 1. The first-order chi connectivity index (χ1) is 7.49. The lowest BCUT2D eigenvalue weighted by Gasteiger charge is -2.08. The van der Waals surface area contributed by atoms with Crippen LogP contribution < -0.4 is 5.73 Å². The minimum absolute atomic E-state index is 0.00977. The van der Waals surface area contributed by atoms with E-state index in [0.29, 0.717) is 6.42 Å². The van der Waals surface area contributed by atoms with Gasteiger partial charge in [0.1, 0.15) is 0 Å². The summed E-state index contributed by atoms with van der Waals surface area (Å²) in [7, 11) is 0. The van der Waals surface area contributed by atoms with Crippen molar-refractivity contribution < 1.29 is 14.8 Å². The molecular weight excluding hydrogens is 212 g/mol. The van der Waals surface area contributed by atoms with Crippen LogP contribution in [-0.4, -0.2) is 22.0 Å². The van der Waals surface area contributed by atoms with Crippen LogP contribution in [0.3, 0.4) is 0 Å². The summed E-state index contributed by atoms with van der Waals surface area (Å²) in [5.74, 6) is -0.950. The summed E-state index contributed by atoms with van der Waals surface area (Å²) in [5, 5.41) is 18.9. The van der Waals surface area contributed by atoms with Gasteiger partial charge in [0, 0.05) is 18.2 Å². The van der Waals surface area contributed by atoms with E-state index in [9.17, 15) is 14.9 Å². The van der Waals surface area contributed by atoms with Gasteiger partial charge in [-0.25, -0.2) is 0 Å². The number of aliphatic carboxylic acids is 1. The minimum Gasteiger partial charge on any atom is -0.481 e. The fourth-order valence-electron chi connectivity index (χ4n) is 1.35. The third-order valence-electron chi connectivity index (χ3n) is 2.08. The molecule has 0 fully saturated rings. The molecule has 0 heterocycles. The second kappa shape index (κ2) is 5.22. The molecule has 6 heteroatoms. The van der Waals surface area contributed by atoms with Gasteiger partial charge in [-0.3, -0.25) is 14.9 Å². The lowest BCUT2D eigenvalue weighted by Crippen LogP contribution is -2.26. The molecule has 1 rings (SSSR count). The Bertz CT molecular complexity index is 388. The molecule has 0 saturated carbocycles. The Morgan fingerprint density at radius 1 is 1.44 bits per heavy atom. The standard InChI is InChI=1S/C10H12N2O4/c11-8(6-10(13)14)5-7-1-3-9(4-2-7)12(15)16/h1-4,8H,5-6,11H2,(H,13,14)/t8-/m0/s1. The summed E-state index contributed by atoms with van der Waals surface area (Å²) in [4.78, 5) is 20.3. The van der Waals surface area contributed by atoms with Crippen molar-refractivity contribution in [1.29, 1.82) is 0 Å². The summed E-state index contributed by atoms with van der Waals surface area (Å²) < 4.78 is 0. The molecule has 0 aromatic heterocycles. The molecule has 0 spiro atoms. The molecule has 0 saturated heterocycles. The van der Waals surface area contributed by atoms with Gasteiger partial charge in [-0.2, -0.15) is 0 Å². The Kier molecular flexibility index (Phi) is 3.96. The van der Waals surface area contributed by atoms with Crippen LogP contribution in [0, 0.1) is 10.1 Å². The zero-order valence-electron chi connectivity index (χ0n) is 8.50. The summed E-state index contributed by atoms with van der Waals surface area (Å²) >= 11 is 0. The maximum atomic E-state index is 10.4. The number of nitrogens with zero attached hydrogens (tertiary/aromatic N) is 1. The van der Waals surface area contributed by atoms with Crippen LogP contribution in [-0.2, 0) is 11.2 Å². The van der Waals surface area contributed by atoms with Gasteiger partial charge in [-0.15, -0.1) is 0 Å². The fraction of sp³-hybridized carbons (Fsp3) is 0.300. The maximum absolute atomic E-state index is 10.4. The van der Waals surface area contributed by atoms with E-state index in [4.69, 9.17) is 10.8 Å². The monoisotopic (exact) mass is 224 g/mol. The average molecular weight is 224 g/mol. The first-order valence-electron chi connectivity index (χ1n) is 4.69. The molecule has 0 amide bonds. The van der Waals surface area contributed by atoms with Crippen LogP contribution >= 0.6 is 0 Å². The summed E-state index contributed by atoms with van der Waals surface area (Å²) in [5.41, 5.74) is 6.39. The lowest BCUT2D eigenvalue weighted by atomic mass is 10.0. The van der Waals surface area contributed by atoms with Crippen molar-refractivity contribution in [3.05, 3.63) is 39.9 Å². The van der Waals surface area contributed by atoms with Crippen molar-refractivity contribution in [2.24, 2.45) is 5.73 Å². The van der Waals surface area contributed by atoms with E-state index in [1.165, 1.54) is 12.1 Å². The van der Waals surface area contributed by atoms with E-state index in [1.54, 1.807) is 12.1 Å². The molecule has 0 aliphatic rings. The van der Waals surface area contributed by atoms with Gasteiger partial charge >= 0.3 is 5.97 Å². The van der Waals surface area contributed by atoms with Crippen LogP contribution in [0.15, 0.2) is 24.3 Å². The molecule has 1 aromatic carbocycles. The van der Waals surface area contributed by atoms with Crippen molar-refractivity contribution >= 4 is 11.7 Å². The van der Waals surface area contributed by atoms with E-state index in [0.717, 1.165) is 5.56 Å². The summed E-state index contributed by atoms with van der Waals surface area (Å²) in [6.07, 6.45) is 0.279. The molecule has 1 aromatic rings. The predicted octanol–water partition coefficient (Wildman–Crippen LogP) is 0.939. The number of carboxylic acids is 1. The average Bonchev–Trinajstić information content (AvgIpc) is 2.16. The molecule has 0 radical (unpaired) electrons. The highest BCUT2D eigenvalue weighted by Gasteiger charge is 2.10. The molecule has 1 atom stereocenters. The highest BCUT2D eigenvalue weighted by molar-refractivity contribution is 5.67. The van der Waals surface area contributed by atoms with E-state index in [-0.39, 0.29) is 12.1 Å². The zero-order valence-corrected chi connectivity index (χ0v) is 8.50. The number of rotatable bonds is 5. The molecule has 0 aliphatic carbocycles. The Morgan fingerprint density at radius 3 is 2.44 bits per heavy atom. The number of nitrogens with two attached hydrogens (primary N) is 1. The number of benzene rings is 1. The van der Waals surface area contributed by atoms with Crippen LogP contribution in [0.1, 0.15) is 12.0 Å². The van der Waals surface area contributed by atoms with E-state index >= 15 is 0 Å². The Morgan fingerprint density at radius 2 is 2.00 bits per heavy atom. The van der Waals surface area contributed by atoms with Crippen LogP contribution in [0.25, 0.3) is 0 Å². The van der Waals surface area contributed by atoms with Crippen molar-refractivity contribution in [1.82, 2.24) is 0 Å². The van der Waals surface area contributed by atoms with Gasteiger partial charge in [-0.1, -0.05) is 12.1 Å². The van der Waals surface area contributed by atoms with E-state index < -0.39 is 16.9 Å². The summed E-state index contributed by atoms with van der Waals surface area (Å²) in [6.45, 7) is 0. The minimum atomic E-state index is -0.950. The Labute approximate surface area is 91.8 Å². The van der Waals surface area contributed by atoms with Crippen LogP contribution in [0.4, 0.5) is 5.69 Å². The second-order valence-corrected chi connectivity index (χ2v) is 3.49. The molecule has 0 unspecified atom stereocenters. The first-order valence-corrected chi connectivity index (χ1v) is 4.69. The van der Waals surface area contributed by atoms with E-state index in [2.05, 4.69) is 0 Å². The van der Waals surface area contributed by atoms with Gasteiger partial charge in [0.25, 0.3) is 5.69 Å². The molecule has 86 valence electrons. The third kappa shape index (κ3) is 3.66. The van der Waals surface area contributed by atoms with Gasteiger partial charge in [0.2, 0.25) is 0 Å². The Hall–Kier alpha value is -1.95. The molecular formula is C10H12N2O4. The fourth-order valence-corrected chi connectivity index (χ4v) is 1.35. The lowest BCUT2D eigenvalue weighted by molar-refractivity contribution is -0.384. The van der Waals surface area contributed by atoms with Crippen LogP contribution in [0.5, 0.6) is 0 Å². The highest BCUT2D eigenvalue weighted by atomic mass is 16.6. The normalized spacial score (nSPS) is 12.1. The van der Waals surface area contributed by atoms with Gasteiger partial charge in [0.05, 0.1) is 11.3 Å². The number of nitro benzene ring substituents is 1. The second-order valence-electron chi connectivity index (χ2n) is 3.49. The number of nitro groups is 1. The number of non-ortho nitro benzene ring substituents is 1. The largest absolute Gasteiger partial charge is 0.481 e. The first kappa shape index (κ1) is 12.1.